The summed E-state index contributed by atoms with van der Waals surface area (Å²) in [6.07, 6.45) is 5.72. The zero-order chi connectivity index (χ0) is 18.3. The van der Waals surface area contributed by atoms with Gasteiger partial charge in [-0.1, -0.05) is 6.42 Å². The van der Waals surface area contributed by atoms with Crippen molar-refractivity contribution in [3.63, 3.8) is 0 Å². The van der Waals surface area contributed by atoms with E-state index < -0.39 is 0 Å². The first-order valence-corrected chi connectivity index (χ1v) is 9.70. The summed E-state index contributed by atoms with van der Waals surface area (Å²) in [6.45, 7) is 3.94. The first-order chi connectivity index (χ1) is 12.5. The van der Waals surface area contributed by atoms with Crippen molar-refractivity contribution >= 4 is 22.4 Å². The fraction of sp³-hybridized carbons (Fsp3) is 0.444. The van der Waals surface area contributed by atoms with Gasteiger partial charge in [-0.3, -0.25) is 19.9 Å². The number of H-pyrrole nitrogens is 1. The van der Waals surface area contributed by atoms with Crippen LogP contribution in [0.2, 0.25) is 0 Å². The number of carbonyl (C=O) groups is 1. The third kappa shape index (κ3) is 3.05. The summed E-state index contributed by atoms with van der Waals surface area (Å²) < 4.78 is 1.82. The summed E-state index contributed by atoms with van der Waals surface area (Å²) in [5.41, 5.74) is 5.18. The lowest BCUT2D eigenvalue weighted by molar-refractivity contribution is 0.102. The highest BCUT2D eigenvalue weighted by Crippen LogP contribution is 2.29. The number of fused-ring (bicyclic) bond motifs is 1. The number of anilines is 1. The van der Waals surface area contributed by atoms with Crippen LogP contribution in [0.15, 0.2) is 6.07 Å². The largest absolute Gasteiger partial charge is 0.296 e. The Kier molecular flexibility index (Phi) is 4.36. The van der Waals surface area contributed by atoms with Crippen LogP contribution in [0.3, 0.4) is 0 Å². The van der Waals surface area contributed by atoms with Crippen LogP contribution in [0.25, 0.3) is 11.3 Å². The number of carbonyl (C=O) groups excluding carboxylic acids is 1. The molecule has 1 amide bonds. The second-order valence-electron chi connectivity index (χ2n) is 6.74. The predicted molar refractivity (Wildman–Crippen MR) is 102 cm³/mol. The lowest BCUT2D eigenvalue weighted by Gasteiger charge is -1.98. The highest BCUT2D eigenvalue weighted by atomic mass is 32.1. The number of aryl methyl sites for hydroxylation is 4. The third-order valence-corrected chi connectivity index (χ3v) is 5.98. The van der Waals surface area contributed by atoms with Gasteiger partial charge in [0.2, 0.25) is 0 Å². The summed E-state index contributed by atoms with van der Waals surface area (Å²) in [4.78, 5) is 18.5. The molecule has 4 rings (SSSR count). The van der Waals surface area contributed by atoms with E-state index in [1.807, 2.05) is 25.6 Å². The molecule has 0 spiro atoms. The molecular formula is C18H22N6OS. The quantitative estimate of drug-likeness (QED) is 0.692. The van der Waals surface area contributed by atoms with Crippen molar-refractivity contribution in [2.24, 2.45) is 7.05 Å². The van der Waals surface area contributed by atoms with E-state index in [0.717, 1.165) is 41.2 Å². The summed E-state index contributed by atoms with van der Waals surface area (Å²) in [7, 11) is 1.90. The van der Waals surface area contributed by atoms with Crippen molar-refractivity contribution in [2.75, 3.05) is 5.32 Å². The number of hydrogen-bond donors (Lipinski definition) is 2. The van der Waals surface area contributed by atoms with Gasteiger partial charge in [0.1, 0.15) is 5.69 Å². The summed E-state index contributed by atoms with van der Waals surface area (Å²) in [5.74, 6) is -0.216. The van der Waals surface area contributed by atoms with E-state index in [1.54, 1.807) is 17.4 Å². The predicted octanol–water partition coefficient (Wildman–Crippen LogP) is 3.40. The van der Waals surface area contributed by atoms with E-state index in [-0.39, 0.29) is 5.91 Å². The molecule has 0 unspecified atom stereocenters. The van der Waals surface area contributed by atoms with Gasteiger partial charge in [-0.25, -0.2) is 4.98 Å². The van der Waals surface area contributed by atoms with Gasteiger partial charge in [-0.15, -0.1) is 11.3 Å². The molecule has 1 aliphatic rings. The standard InChI is InChI=1S/C18H22N6OS/c1-10-16(11(2)24(3)23-10)13-9-14(22-21-13)17(25)20-18-19-12-7-5-4-6-8-15(12)26-18/h9H,4-8H2,1-3H3,(H,21,22)(H,19,20,25). The van der Waals surface area contributed by atoms with Gasteiger partial charge in [0.05, 0.1) is 17.1 Å². The SMILES string of the molecule is Cc1nn(C)c(C)c1-c1cc(C(=O)Nc2nc3c(s2)CCCCC3)[nH]n1. The minimum atomic E-state index is -0.216. The van der Waals surface area contributed by atoms with Crippen molar-refractivity contribution in [1.82, 2.24) is 25.0 Å². The van der Waals surface area contributed by atoms with Crippen LogP contribution in [0.5, 0.6) is 0 Å². The number of hydrogen-bond acceptors (Lipinski definition) is 5. The van der Waals surface area contributed by atoms with E-state index in [1.165, 1.54) is 24.1 Å². The average Bonchev–Trinajstić information content (AvgIpc) is 3.24. The molecule has 0 aliphatic heterocycles. The summed E-state index contributed by atoms with van der Waals surface area (Å²) in [5, 5.41) is 15.1. The number of aromatic amines is 1. The van der Waals surface area contributed by atoms with Gasteiger partial charge >= 0.3 is 0 Å². The maximum absolute atomic E-state index is 12.6. The molecule has 136 valence electrons. The average molecular weight is 370 g/mol. The smallest absolute Gasteiger partial charge is 0.275 e. The van der Waals surface area contributed by atoms with Crippen molar-refractivity contribution in [2.45, 2.75) is 46.0 Å². The highest BCUT2D eigenvalue weighted by molar-refractivity contribution is 7.15. The van der Waals surface area contributed by atoms with Gasteiger partial charge in [0.15, 0.2) is 5.13 Å². The van der Waals surface area contributed by atoms with Gasteiger partial charge in [0, 0.05) is 23.2 Å². The molecule has 26 heavy (non-hydrogen) atoms. The Balaban J connectivity index is 1.54. The number of rotatable bonds is 3. The van der Waals surface area contributed by atoms with Crippen molar-refractivity contribution in [3.8, 4) is 11.3 Å². The van der Waals surface area contributed by atoms with Crippen LogP contribution in [0.4, 0.5) is 5.13 Å². The van der Waals surface area contributed by atoms with Crippen LogP contribution in [-0.2, 0) is 19.9 Å². The van der Waals surface area contributed by atoms with Crippen molar-refractivity contribution in [1.29, 1.82) is 0 Å². The molecule has 3 heterocycles. The number of aromatic nitrogens is 5. The van der Waals surface area contributed by atoms with Crippen LogP contribution in [0.1, 0.15) is 51.7 Å². The Bertz CT molecular complexity index is 943. The van der Waals surface area contributed by atoms with Crippen LogP contribution in [-0.4, -0.2) is 30.9 Å². The second-order valence-corrected chi connectivity index (χ2v) is 7.82. The van der Waals surface area contributed by atoms with E-state index in [9.17, 15) is 4.79 Å². The van der Waals surface area contributed by atoms with E-state index in [0.29, 0.717) is 10.8 Å². The molecule has 0 fully saturated rings. The Morgan fingerprint density at radius 2 is 2.08 bits per heavy atom. The minimum absolute atomic E-state index is 0.216. The molecule has 0 radical (unpaired) electrons. The number of nitrogens with one attached hydrogen (secondary N) is 2. The van der Waals surface area contributed by atoms with Crippen LogP contribution in [0, 0.1) is 13.8 Å². The molecule has 0 saturated heterocycles. The van der Waals surface area contributed by atoms with E-state index in [2.05, 4.69) is 25.6 Å². The van der Waals surface area contributed by atoms with E-state index in [4.69, 9.17) is 0 Å². The van der Waals surface area contributed by atoms with Gasteiger partial charge in [-0.05, 0) is 45.6 Å². The number of thiazole rings is 1. The second kappa shape index (κ2) is 6.68. The number of nitrogens with zero attached hydrogens (tertiary/aromatic N) is 4. The zero-order valence-electron chi connectivity index (χ0n) is 15.2. The maximum atomic E-state index is 12.6. The van der Waals surface area contributed by atoms with Crippen molar-refractivity contribution < 1.29 is 4.79 Å². The first kappa shape index (κ1) is 17.0. The van der Waals surface area contributed by atoms with Gasteiger partial charge in [0.25, 0.3) is 5.91 Å². The molecule has 3 aromatic rings. The molecule has 0 aromatic carbocycles. The lowest BCUT2D eigenvalue weighted by Crippen LogP contribution is -2.12. The maximum Gasteiger partial charge on any atom is 0.275 e. The van der Waals surface area contributed by atoms with Gasteiger partial charge in [-0.2, -0.15) is 10.2 Å². The summed E-state index contributed by atoms with van der Waals surface area (Å²) in [6, 6.07) is 1.77. The molecule has 7 nitrogen and oxygen atoms in total. The fourth-order valence-electron chi connectivity index (χ4n) is 3.46. The molecule has 3 aromatic heterocycles. The topological polar surface area (TPSA) is 88.5 Å². The number of amides is 1. The normalized spacial score (nSPS) is 14.1. The Morgan fingerprint density at radius 1 is 1.27 bits per heavy atom. The summed E-state index contributed by atoms with van der Waals surface area (Å²) >= 11 is 1.59. The third-order valence-electron chi connectivity index (χ3n) is 4.90. The van der Waals surface area contributed by atoms with Crippen molar-refractivity contribution in [3.05, 3.63) is 33.7 Å². The monoisotopic (exact) mass is 370 g/mol. The first-order valence-electron chi connectivity index (χ1n) is 8.89. The molecule has 0 atom stereocenters. The zero-order valence-corrected chi connectivity index (χ0v) is 16.0. The van der Waals surface area contributed by atoms with Crippen LogP contribution < -0.4 is 5.32 Å². The van der Waals surface area contributed by atoms with Crippen LogP contribution >= 0.6 is 11.3 Å². The molecule has 0 saturated carbocycles. The molecule has 1 aliphatic carbocycles. The molecule has 0 bridgehead atoms. The van der Waals surface area contributed by atoms with Gasteiger partial charge < -0.3 is 0 Å². The Hall–Kier alpha value is -2.48. The lowest BCUT2D eigenvalue weighted by atomic mass is 10.1. The van der Waals surface area contributed by atoms with E-state index >= 15 is 0 Å². The Labute approximate surface area is 155 Å². The molecular weight excluding hydrogens is 348 g/mol. The molecule has 8 heteroatoms. The highest BCUT2D eigenvalue weighted by Gasteiger charge is 2.19. The minimum Gasteiger partial charge on any atom is -0.296 e. The molecule has 2 N–H and O–H groups in total. The Morgan fingerprint density at radius 3 is 2.85 bits per heavy atom. The fourth-order valence-corrected chi connectivity index (χ4v) is 4.50.